The Labute approximate surface area is 109 Å². The molecule has 2 amide bonds. The zero-order chi connectivity index (χ0) is 13.7. The summed E-state index contributed by atoms with van der Waals surface area (Å²) in [5.41, 5.74) is 1.12. The van der Waals surface area contributed by atoms with E-state index < -0.39 is 6.03 Å². The molecule has 0 bridgehead atoms. The van der Waals surface area contributed by atoms with E-state index in [-0.39, 0.29) is 18.1 Å². The van der Waals surface area contributed by atoms with Crippen molar-refractivity contribution in [3.8, 4) is 5.75 Å². The molecule has 0 radical (unpaired) electrons. The monoisotopic (exact) mass is 260 g/mol. The molecule has 5 heteroatoms. The fourth-order valence-corrected chi connectivity index (χ4v) is 1.54. The lowest BCUT2D eigenvalue weighted by molar-refractivity contribution is 0.251. The van der Waals surface area contributed by atoms with E-state index in [0.29, 0.717) is 11.3 Å². The lowest BCUT2D eigenvalue weighted by Crippen LogP contribution is -2.28. The normalized spacial score (nSPS) is 9.95. The Kier molecular flexibility index (Phi) is 3.97. The quantitative estimate of drug-likeness (QED) is 0.794. The smallest absolute Gasteiger partial charge is 0.319 e. The molecule has 2 aromatic carbocycles. The van der Waals surface area contributed by atoms with E-state index in [1.54, 1.807) is 24.3 Å². The predicted molar refractivity (Wildman–Crippen MR) is 70.4 cm³/mol. The van der Waals surface area contributed by atoms with Gasteiger partial charge in [0.05, 0.1) is 0 Å². The number of urea groups is 1. The van der Waals surface area contributed by atoms with Crippen LogP contribution in [0.2, 0.25) is 0 Å². The fourth-order valence-electron chi connectivity index (χ4n) is 1.54. The predicted octanol–water partition coefficient (Wildman–Crippen LogP) is 2.85. The van der Waals surface area contributed by atoms with E-state index in [1.807, 2.05) is 0 Å². The largest absolute Gasteiger partial charge is 0.508 e. The summed E-state index contributed by atoms with van der Waals surface area (Å²) in [5, 5.41) is 14.7. The molecule has 0 spiro atoms. The summed E-state index contributed by atoms with van der Waals surface area (Å²) in [7, 11) is 0. The van der Waals surface area contributed by atoms with Crippen LogP contribution in [-0.2, 0) is 6.54 Å². The van der Waals surface area contributed by atoms with Crippen LogP contribution in [0.4, 0.5) is 14.9 Å². The van der Waals surface area contributed by atoms with E-state index in [9.17, 15) is 14.3 Å². The summed E-state index contributed by atoms with van der Waals surface area (Å²) < 4.78 is 12.7. The van der Waals surface area contributed by atoms with E-state index >= 15 is 0 Å². The summed E-state index contributed by atoms with van der Waals surface area (Å²) in [4.78, 5) is 11.6. The molecule has 0 aliphatic heterocycles. The number of nitrogens with one attached hydrogen (secondary N) is 2. The van der Waals surface area contributed by atoms with Crippen LogP contribution < -0.4 is 10.6 Å². The average molecular weight is 260 g/mol. The van der Waals surface area contributed by atoms with Gasteiger partial charge in [0.1, 0.15) is 11.6 Å². The number of anilines is 1. The van der Waals surface area contributed by atoms with Gasteiger partial charge in [0.25, 0.3) is 0 Å². The number of hydrogen-bond donors (Lipinski definition) is 3. The van der Waals surface area contributed by atoms with E-state index in [1.165, 1.54) is 24.3 Å². The molecule has 0 heterocycles. The third kappa shape index (κ3) is 3.70. The molecular formula is C14H13FN2O2. The van der Waals surface area contributed by atoms with Crippen LogP contribution in [0.1, 0.15) is 5.56 Å². The zero-order valence-corrected chi connectivity index (χ0v) is 10.1. The molecule has 0 saturated carbocycles. The molecule has 19 heavy (non-hydrogen) atoms. The summed E-state index contributed by atoms with van der Waals surface area (Å²) in [6.07, 6.45) is 0. The molecule has 0 aromatic heterocycles. The van der Waals surface area contributed by atoms with Crippen molar-refractivity contribution in [2.24, 2.45) is 0 Å². The van der Waals surface area contributed by atoms with Crippen molar-refractivity contribution in [3.05, 3.63) is 59.9 Å². The van der Waals surface area contributed by atoms with Crippen molar-refractivity contribution >= 4 is 11.7 Å². The van der Waals surface area contributed by atoms with Gasteiger partial charge in [0, 0.05) is 17.8 Å². The fraction of sp³-hybridized carbons (Fsp3) is 0.0714. The number of carbonyl (C=O) groups is 1. The zero-order valence-electron chi connectivity index (χ0n) is 10.1. The van der Waals surface area contributed by atoms with Crippen LogP contribution in [0.15, 0.2) is 48.5 Å². The van der Waals surface area contributed by atoms with Gasteiger partial charge in [-0.3, -0.25) is 0 Å². The van der Waals surface area contributed by atoms with Crippen LogP contribution in [0, 0.1) is 5.82 Å². The van der Waals surface area contributed by atoms with Gasteiger partial charge in [-0.2, -0.15) is 0 Å². The molecule has 0 aliphatic rings. The van der Waals surface area contributed by atoms with Crippen LogP contribution in [0.3, 0.4) is 0 Å². The summed E-state index contributed by atoms with van der Waals surface area (Å²) in [6.45, 7) is 0.208. The third-order valence-corrected chi connectivity index (χ3v) is 2.53. The Morgan fingerprint density at radius 3 is 2.47 bits per heavy atom. The molecule has 98 valence electrons. The van der Waals surface area contributed by atoms with Crippen molar-refractivity contribution in [2.75, 3.05) is 5.32 Å². The number of benzene rings is 2. The SMILES string of the molecule is O=C(NCc1ccccc1O)Nc1ccc(F)cc1. The third-order valence-electron chi connectivity index (χ3n) is 2.53. The van der Waals surface area contributed by atoms with E-state index in [4.69, 9.17) is 0 Å². The second-order valence-corrected chi connectivity index (χ2v) is 3.94. The van der Waals surface area contributed by atoms with Crippen molar-refractivity contribution in [1.29, 1.82) is 0 Å². The molecule has 0 aliphatic carbocycles. The Morgan fingerprint density at radius 2 is 1.79 bits per heavy atom. The number of para-hydroxylation sites is 1. The number of rotatable bonds is 3. The molecule has 0 saturated heterocycles. The molecule has 0 atom stereocenters. The average Bonchev–Trinajstić information content (AvgIpc) is 2.40. The molecule has 2 aromatic rings. The van der Waals surface area contributed by atoms with Gasteiger partial charge in [0.15, 0.2) is 0 Å². The second-order valence-electron chi connectivity index (χ2n) is 3.94. The number of hydrogen-bond acceptors (Lipinski definition) is 2. The molecule has 3 N–H and O–H groups in total. The maximum atomic E-state index is 12.7. The summed E-state index contributed by atoms with van der Waals surface area (Å²) in [5.74, 6) is -0.232. The standard InChI is InChI=1S/C14H13FN2O2/c15-11-5-7-12(8-6-11)17-14(19)16-9-10-3-1-2-4-13(10)18/h1-8,18H,9H2,(H2,16,17,19). The minimum atomic E-state index is -0.421. The lowest BCUT2D eigenvalue weighted by Gasteiger charge is -2.08. The number of aromatic hydroxyl groups is 1. The molecule has 2 rings (SSSR count). The highest BCUT2D eigenvalue weighted by Gasteiger charge is 2.04. The van der Waals surface area contributed by atoms with Crippen LogP contribution in [0.25, 0.3) is 0 Å². The minimum absolute atomic E-state index is 0.129. The number of phenols is 1. The van der Waals surface area contributed by atoms with Crippen molar-refractivity contribution in [3.63, 3.8) is 0 Å². The second kappa shape index (κ2) is 5.86. The van der Waals surface area contributed by atoms with Gasteiger partial charge < -0.3 is 15.7 Å². The Balaban J connectivity index is 1.88. The number of halogens is 1. The van der Waals surface area contributed by atoms with Gasteiger partial charge in [-0.05, 0) is 30.3 Å². The first kappa shape index (κ1) is 12.9. The highest BCUT2D eigenvalue weighted by Crippen LogP contribution is 2.15. The van der Waals surface area contributed by atoms with Gasteiger partial charge in [-0.25, -0.2) is 9.18 Å². The summed E-state index contributed by atoms with van der Waals surface area (Å²) >= 11 is 0. The highest BCUT2D eigenvalue weighted by molar-refractivity contribution is 5.89. The molecule has 0 unspecified atom stereocenters. The van der Waals surface area contributed by atoms with Crippen molar-refractivity contribution < 1.29 is 14.3 Å². The van der Waals surface area contributed by atoms with Crippen molar-refractivity contribution in [1.82, 2.24) is 5.32 Å². The maximum absolute atomic E-state index is 12.7. The highest BCUT2D eigenvalue weighted by atomic mass is 19.1. The van der Waals surface area contributed by atoms with Gasteiger partial charge in [-0.1, -0.05) is 18.2 Å². The summed E-state index contributed by atoms with van der Waals surface area (Å²) in [6, 6.07) is 11.8. The Morgan fingerprint density at radius 1 is 1.11 bits per heavy atom. The van der Waals surface area contributed by atoms with Crippen LogP contribution >= 0.6 is 0 Å². The Hall–Kier alpha value is -2.56. The molecule has 4 nitrogen and oxygen atoms in total. The van der Waals surface area contributed by atoms with Crippen molar-refractivity contribution in [2.45, 2.75) is 6.54 Å². The topological polar surface area (TPSA) is 61.4 Å². The van der Waals surface area contributed by atoms with Gasteiger partial charge in [-0.15, -0.1) is 0 Å². The van der Waals surface area contributed by atoms with Crippen LogP contribution in [0.5, 0.6) is 5.75 Å². The number of phenolic OH excluding ortho intramolecular Hbond substituents is 1. The number of carbonyl (C=O) groups excluding carboxylic acids is 1. The van der Waals surface area contributed by atoms with Gasteiger partial charge in [0.2, 0.25) is 0 Å². The van der Waals surface area contributed by atoms with E-state index in [0.717, 1.165) is 0 Å². The molecular weight excluding hydrogens is 247 g/mol. The first-order valence-corrected chi connectivity index (χ1v) is 5.72. The number of amides is 2. The maximum Gasteiger partial charge on any atom is 0.319 e. The van der Waals surface area contributed by atoms with Gasteiger partial charge >= 0.3 is 6.03 Å². The first-order chi connectivity index (χ1) is 9.15. The first-order valence-electron chi connectivity index (χ1n) is 5.72. The molecule has 0 fully saturated rings. The van der Waals surface area contributed by atoms with Crippen LogP contribution in [-0.4, -0.2) is 11.1 Å². The van der Waals surface area contributed by atoms with E-state index in [2.05, 4.69) is 10.6 Å². The minimum Gasteiger partial charge on any atom is -0.508 e. The Bertz CT molecular complexity index is 570. The lowest BCUT2D eigenvalue weighted by atomic mass is 10.2.